The second kappa shape index (κ2) is 9.94. The molecule has 12 nitrogen and oxygen atoms in total. The Hall–Kier alpha value is -3.59. The normalized spacial score (nSPS) is 19.4. The molecule has 1 unspecified atom stereocenters. The molecule has 0 bridgehead atoms. The van der Waals surface area contributed by atoms with Gasteiger partial charge in [0.25, 0.3) is 5.91 Å². The first kappa shape index (κ1) is 26.0. The van der Waals surface area contributed by atoms with Crippen molar-refractivity contribution in [1.82, 2.24) is 19.1 Å². The average Bonchev–Trinajstić information content (AvgIpc) is 3.34. The molecule has 3 aromatic rings. The number of nitrogens with zero attached hydrogens (tertiary/aromatic N) is 5. The standard InChI is InChI=1S/C24H26N6O6S2/c1-28-7-6-18-20(13-28)37-22(26-18)23(31)30-9-8-29(12-19(30)24(32)33)38(35,36)17-5-4-14-2-3-15(21(25)27-34)10-16(14)11-17/h2-5,10-11,19,34H,6-9,12-13H2,1H3,(H2,25,27)(H,32,33). The first-order chi connectivity index (χ1) is 18.1. The van der Waals surface area contributed by atoms with E-state index in [9.17, 15) is 23.1 Å². The molecule has 0 saturated carbocycles. The van der Waals surface area contributed by atoms with Crippen LogP contribution in [0.4, 0.5) is 0 Å². The largest absolute Gasteiger partial charge is 0.480 e. The van der Waals surface area contributed by atoms with Gasteiger partial charge in [-0.3, -0.25) is 4.79 Å². The van der Waals surface area contributed by atoms with Crippen molar-refractivity contribution in [3.8, 4) is 0 Å². The Labute approximate surface area is 222 Å². The fourth-order valence-corrected chi connectivity index (χ4v) is 7.34. The lowest BCUT2D eigenvalue weighted by atomic mass is 10.1. The third-order valence-electron chi connectivity index (χ3n) is 6.85. The maximum Gasteiger partial charge on any atom is 0.327 e. The number of carbonyl (C=O) groups is 2. The summed E-state index contributed by atoms with van der Waals surface area (Å²) in [7, 11) is -2.09. The molecule has 1 atom stereocenters. The summed E-state index contributed by atoms with van der Waals surface area (Å²) >= 11 is 1.26. The fourth-order valence-electron chi connectivity index (χ4n) is 4.72. The van der Waals surface area contributed by atoms with Gasteiger partial charge in [0.05, 0.1) is 10.6 Å². The monoisotopic (exact) mass is 558 g/mol. The molecular weight excluding hydrogens is 532 g/mol. The molecule has 1 fully saturated rings. The summed E-state index contributed by atoms with van der Waals surface area (Å²) in [6.45, 7) is 0.978. The van der Waals surface area contributed by atoms with Gasteiger partial charge in [-0.25, -0.2) is 18.2 Å². The lowest BCUT2D eigenvalue weighted by Gasteiger charge is -2.38. The molecule has 0 radical (unpaired) electrons. The lowest BCUT2D eigenvalue weighted by molar-refractivity contribution is -0.143. The number of aliphatic carboxylic acids is 1. The molecule has 0 aliphatic carbocycles. The lowest BCUT2D eigenvalue weighted by Crippen LogP contribution is -2.59. The van der Waals surface area contributed by atoms with Crippen LogP contribution in [0.5, 0.6) is 0 Å². The Morgan fingerprint density at radius 3 is 2.63 bits per heavy atom. The first-order valence-electron chi connectivity index (χ1n) is 11.8. The highest BCUT2D eigenvalue weighted by Crippen LogP contribution is 2.28. The van der Waals surface area contributed by atoms with E-state index in [-0.39, 0.29) is 35.4 Å². The number of benzene rings is 2. The van der Waals surface area contributed by atoms with Gasteiger partial charge in [-0.05, 0) is 36.0 Å². The van der Waals surface area contributed by atoms with Crippen LogP contribution in [0.25, 0.3) is 10.8 Å². The number of thiazole rings is 1. The van der Waals surface area contributed by atoms with Crippen LogP contribution in [0.2, 0.25) is 0 Å². The number of oxime groups is 1. The Balaban J connectivity index is 1.40. The topological polar surface area (TPSA) is 170 Å². The van der Waals surface area contributed by atoms with E-state index in [1.165, 1.54) is 28.4 Å². The molecule has 200 valence electrons. The van der Waals surface area contributed by atoms with Crippen LogP contribution in [0.1, 0.15) is 25.9 Å². The molecule has 3 heterocycles. The van der Waals surface area contributed by atoms with Crippen LogP contribution in [-0.4, -0.2) is 94.8 Å². The second-order valence-corrected chi connectivity index (χ2v) is 12.3. The number of rotatable bonds is 5. The number of amides is 1. The van der Waals surface area contributed by atoms with E-state index < -0.39 is 27.9 Å². The summed E-state index contributed by atoms with van der Waals surface area (Å²) in [5, 5.41) is 23.4. The van der Waals surface area contributed by atoms with E-state index in [1.807, 2.05) is 7.05 Å². The fraction of sp³-hybridized carbons (Fsp3) is 0.333. The molecule has 0 spiro atoms. The molecule has 1 saturated heterocycles. The van der Waals surface area contributed by atoms with Crippen LogP contribution in [0.15, 0.2) is 46.4 Å². The number of nitrogens with two attached hydrogens (primary N) is 1. The van der Waals surface area contributed by atoms with Crippen molar-refractivity contribution >= 4 is 49.8 Å². The zero-order valence-corrected chi connectivity index (χ0v) is 22.1. The highest BCUT2D eigenvalue weighted by molar-refractivity contribution is 7.89. The molecule has 2 aromatic carbocycles. The Kier molecular flexibility index (Phi) is 6.81. The maximum absolute atomic E-state index is 13.5. The number of fused-ring (bicyclic) bond motifs is 2. The summed E-state index contributed by atoms with van der Waals surface area (Å²) in [6.07, 6.45) is 0.719. The quantitative estimate of drug-likeness (QED) is 0.179. The number of hydrogen-bond donors (Lipinski definition) is 3. The molecule has 1 amide bonds. The summed E-state index contributed by atoms with van der Waals surface area (Å²) in [5.74, 6) is -1.91. The molecule has 2 aliphatic rings. The van der Waals surface area contributed by atoms with E-state index in [0.29, 0.717) is 17.5 Å². The van der Waals surface area contributed by atoms with E-state index in [2.05, 4.69) is 15.0 Å². The highest BCUT2D eigenvalue weighted by Gasteiger charge is 2.41. The predicted molar refractivity (Wildman–Crippen MR) is 140 cm³/mol. The minimum Gasteiger partial charge on any atom is -0.480 e. The molecule has 1 aromatic heterocycles. The van der Waals surface area contributed by atoms with Gasteiger partial charge in [0, 0.05) is 49.6 Å². The van der Waals surface area contributed by atoms with Crippen LogP contribution < -0.4 is 5.73 Å². The molecule has 4 N–H and O–H groups in total. The third kappa shape index (κ3) is 4.71. The van der Waals surface area contributed by atoms with Crippen LogP contribution in [0.3, 0.4) is 0 Å². The van der Waals surface area contributed by atoms with E-state index in [0.717, 1.165) is 33.2 Å². The number of sulfonamides is 1. The molecule has 5 rings (SSSR count). The Morgan fingerprint density at radius 1 is 1.13 bits per heavy atom. The Morgan fingerprint density at radius 2 is 1.89 bits per heavy atom. The first-order valence-corrected chi connectivity index (χ1v) is 14.1. The zero-order chi connectivity index (χ0) is 27.2. The van der Waals surface area contributed by atoms with Crippen molar-refractivity contribution in [2.24, 2.45) is 10.9 Å². The van der Waals surface area contributed by atoms with Crippen molar-refractivity contribution in [2.45, 2.75) is 23.9 Å². The molecule has 14 heteroatoms. The number of hydrogen-bond acceptors (Lipinski definition) is 9. The highest BCUT2D eigenvalue weighted by atomic mass is 32.2. The number of aromatic nitrogens is 1. The molecular formula is C24H26N6O6S2. The van der Waals surface area contributed by atoms with Crippen LogP contribution in [0, 0.1) is 0 Å². The van der Waals surface area contributed by atoms with Gasteiger partial charge < -0.3 is 25.8 Å². The summed E-state index contributed by atoms with van der Waals surface area (Å²) in [6, 6.07) is 8.16. The van der Waals surface area contributed by atoms with Crippen molar-refractivity contribution in [2.75, 3.05) is 33.2 Å². The second-order valence-electron chi connectivity index (χ2n) is 9.30. The van der Waals surface area contributed by atoms with Gasteiger partial charge in [0.1, 0.15) is 6.04 Å². The predicted octanol–water partition coefficient (Wildman–Crippen LogP) is 0.979. The van der Waals surface area contributed by atoms with Crippen LogP contribution in [-0.2, 0) is 27.8 Å². The van der Waals surface area contributed by atoms with Crippen LogP contribution >= 0.6 is 11.3 Å². The summed E-state index contributed by atoms with van der Waals surface area (Å²) in [5.41, 5.74) is 6.94. The van der Waals surface area contributed by atoms with Gasteiger partial charge in [-0.1, -0.05) is 23.4 Å². The van der Waals surface area contributed by atoms with Gasteiger partial charge in [-0.2, -0.15) is 4.31 Å². The molecule has 38 heavy (non-hydrogen) atoms. The smallest absolute Gasteiger partial charge is 0.327 e. The van der Waals surface area contributed by atoms with Gasteiger partial charge >= 0.3 is 5.97 Å². The average molecular weight is 559 g/mol. The number of carboxylic acids is 1. The molecule has 2 aliphatic heterocycles. The summed E-state index contributed by atoms with van der Waals surface area (Å²) < 4.78 is 28.1. The third-order valence-corrected chi connectivity index (χ3v) is 9.78. The number of piperazine rings is 1. The van der Waals surface area contributed by atoms with Crippen molar-refractivity contribution < 1.29 is 28.3 Å². The summed E-state index contributed by atoms with van der Waals surface area (Å²) in [4.78, 5) is 34.2. The van der Waals surface area contributed by atoms with E-state index in [4.69, 9.17) is 10.9 Å². The van der Waals surface area contributed by atoms with Crippen molar-refractivity contribution in [3.05, 3.63) is 57.5 Å². The zero-order valence-electron chi connectivity index (χ0n) is 20.4. The number of carboxylic acid groups (broad SMARTS) is 1. The number of carbonyl (C=O) groups excluding carboxylic acids is 1. The van der Waals surface area contributed by atoms with Crippen molar-refractivity contribution in [3.63, 3.8) is 0 Å². The minimum atomic E-state index is -4.08. The van der Waals surface area contributed by atoms with Gasteiger partial charge in [-0.15, -0.1) is 11.3 Å². The Bertz CT molecular complexity index is 1570. The van der Waals surface area contributed by atoms with Gasteiger partial charge in [0.15, 0.2) is 10.8 Å². The van der Waals surface area contributed by atoms with E-state index in [1.54, 1.807) is 24.3 Å². The maximum atomic E-state index is 13.5. The van der Waals surface area contributed by atoms with Gasteiger partial charge in [0.2, 0.25) is 10.0 Å². The number of likely N-dealkylation sites (N-methyl/N-ethyl adjacent to an activating group) is 1. The van der Waals surface area contributed by atoms with E-state index >= 15 is 0 Å². The minimum absolute atomic E-state index is 0.0257. The SMILES string of the molecule is CN1CCc2nc(C(=O)N3CCN(S(=O)(=O)c4ccc5ccc(C(N)=NO)cc5c4)CC3C(=O)O)sc2C1. The van der Waals surface area contributed by atoms with Crippen molar-refractivity contribution in [1.29, 1.82) is 0 Å². The number of amidine groups is 1.